The highest BCUT2D eigenvalue weighted by atomic mass is 14.0. The van der Waals surface area contributed by atoms with Gasteiger partial charge in [-0.1, -0.05) is 26.7 Å². The molecule has 0 aromatic heterocycles. The van der Waals surface area contributed by atoms with Crippen LogP contribution in [0.15, 0.2) is 0 Å². The van der Waals surface area contributed by atoms with Crippen molar-refractivity contribution in [1.29, 1.82) is 0 Å². The molecular weight excluding hydrogens is 108 g/mol. The molecule has 9 heavy (non-hydrogen) atoms. The second-order valence-electron chi connectivity index (χ2n) is 2.19. The molecule has 0 amide bonds. The summed E-state index contributed by atoms with van der Waals surface area (Å²) in [5.41, 5.74) is 0. The lowest BCUT2D eigenvalue weighted by Crippen LogP contribution is -1.90. The predicted molar refractivity (Wildman–Crippen MR) is 42.1 cm³/mol. The lowest BCUT2D eigenvalue weighted by Gasteiger charge is -1.99. The van der Waals surface area contributed by atoms with Gasteiger partial charge in [-0.3, -0.25) is 0 Å². The Bertz CT molecular complexity index is 98.9. The molecule has 0 spiro atoms. The lowest BCUT2D eigenvalue weighted by atomic mass is 10.0. The van der Waals surface area contributed by atoms with E-state index in [0.717, 1.165) is 6.42 Å². The zero-order valence-electron chi connectivity index (χ0n) is 6.70. The topological polar surface area (TPSA) is 0 Å². The second-order valence-corrected chi connectivity index (χ2v) is 2.19. The summed E-state index contributed by atoms with van der Waals surface area (Å²) < 4.78 is 0. The normalized spacial score (nSPS) is 8.89. The van der Waals surface area contributed by atoms with E-state index in [4.69, 9.17) is 0 Å². The Balaban J connectivity index is 3.54. The van der Waals surface area contributed by atoms with Gasteiger partial charge in [-0.05, 0) is 12.8 Å². The number of rotatable bonds is 2. The van der Waals surface area contributed by atoms with E-state index in [9.17, 15) is 0 Å². The van der Waals surface area contributed by atoms with Gasteiger partial charge in [-0.2, -0.15) is 0 Å². The highest BCUT2D eigenvalue weighted by Gasteiger charge is 1.94. The maximum atomic E-state index is 3.22. The third-order valence-corrected chi connectivity index (χ3v) is 1.47. The second kappa shape index (κ2) is 5.69. The van der Waals surface area contributed by atoms with E-state index < -0.39 is 0 Å². The molecule has 0 saturated carbocycles. The van der Waals surface area contributed by atoms with Crippen molar-refractivity contribution in [3.05, 3.63) is 0 Å². The van der Waals surface area contributed by atoms with Crippen LogP contribution in [0.5, 0.6) is 0 Å². The van der Waals surface area contributed by atoms with E-state index in [1.165, 1.54) is 12.8 Å². The number of hydrogen-bond donors (Lipinski definition) is 0. The zero-order valence-corrected chi connectivity index (χ0v) is 6.70. The van der Waals surface area contributed by atoms with Crippen molar-refractivity contribution in [2.45, 2.75) is 40.0 Å². The first kappa shape index (κ1) is 8.56. The largest absolute Gasteiger partial charge is 0.103 e. The fourth-order valence-corrected chi connectivity index (χ4v) is 0.739. The summed E-state index contributed by atoms with van der Waals surface area (Å²) in [5.74, 6) is 6.96. The highest BCUT2D eigenvalue weighted by Crippen LogP contribution is 2.04. The number of hydrogen-bond acceptors (Lipinski definition) is 0. The Hall–Kier alpha value is -0.440. The molecule has 0 N–H and O–H groups in total. The van der Waals surface area contributed by atoms with Gasteiger partial charge >= 0.3 is 0 Å². The molecule has 0 radical (unpaired) electrons. The molecular formula is C9H16. The molecule has 0 fully saturated rings. The van der Waals surface area contributed by atoms with Crippen LogP contribution < -0.4 is 0 Å². The maximum Gasteiger partial charge on any atom is 0.0197 e. The summed E-state index contributed by atoms with van der Waals surface area (Å²) in [5, 5.41) is 0. The molecule has 0 rings (SSSR count). The molecule has 0 aromatic rings. The summed E-state index contributed by atoms with van der Waals surface area (Å²) in [6.45, 7) is 6.48. The summed E-state index contributed by atoms with van der Waals surface area (Å²) in [4.78, 5) is 0. The van der Waals surface area contributed by atoms with Crippen molar-refractivity contribution in [3.63, 3.8) is 0 Å². The van der Waals surface area contributed by atoms with Crippen LogP contribution in [-0.2, 0) is 0 Å². The first-order chi connectivity index (χ1) is 4.35. The molecule has 0 aliphatic heterocycles. The van der Waals surface area contributed by atoms with Gasteiger partial charge in [0.25, 0.3) is 0 Å². The van der Waals surface area contributed by atoms with E-state index in [0.29, 0.717) is 5.92 Å². The fourth-order valence-electron chi connectivity index (χ4n) is 0.739. The summed E-state index contributed by atoms with van der Waals surface area (Å²) in [7, 11) is 0. The van der Waals surface area contributed by atoms with Gasteiger partial charge in [0.2, 0.25) is 0 Å². The van der Waals surface area contributed by atoms with Gasteiger partial charge in [0.05, 0.1) is 0 Å². The van der Waals surface area contributed by atoms with Crippen molar-refractivity contribution in [1.82, 2.24) is 0 Å². The van der Waals surface area contributed by atoms with Crippen molar-refractivity contribution >= 4 is 0 Å². The molecule has 0 heteroatoms. The Morgan fingerprint density at radius 2 is 1.67 bits per heavy atom. The predicted octanol–water partition coefficient (Wildman–Crippen LogP) is 2.84. The van der Waals surface area contributed by atoms with Crippen molar-refractivity contribution in [2.75, 3.05) is 0 Å². The monoisotopic (exact) mass is 124 g/mol. The van der Waals surface area contributed by atoms with Crippen molar-refractivity contribution in [3.8, 4) is 11.8 Å². The Kier molecular flexibility index (Phi) is 5.41. The van der Waals surface area contributed by atoms with Crippen molar-refractivity contribution in [2.24, 2.45) is 5.92 Å². The highest BCUT2D eigenvalue weighted by molar-refractivity contribution is 5.02. The van der Waals surface area contributed by atoms with Gasteiger partial charge in [0.15, 0.2) is 0 Å². The molecule has 0 heterocycles. The smallest absolute Gasteiger partial charge is 0.0197 e. The Morgan fingerprint density at radius 3 is 2.00 bits per heavy atom. The molecule has 0 saturated heterocycles. The van der Waals surface area contributed by atoms with E-state index >= 15 is 0 Å². The molecule has 0 atom stereocenters. The van der Waals surface area contributed by atoms with E-state index in [1.807, 2.05) is 0 Å². The van der Waals surface area contributed by atoms with Gasteiger partial charge in [-0.15, -0.1) is 5.92 Å². The minimum absolute atomic E-state index is 0.643. The molecule has 52 valence electrons. The van der Waals surface area contributed by atoms with Crippen LogP contribution in [-0.4, -0.2) is 0 Å². The van der Waals surface area contributed by atoms with Gasteiger partial charge in [0, 0.05) is 12.3 Å². The molecule has 0 nitrogen and oxygen atoms in total. The summed E-state index contributed by atoms with van der Waals surface area (Å²) in [6.07, 6.45) is 3.39. The van der Waals surface area contributed by atoms with Crippen LogP contribution in [0.2, 0.25) is 0 Å². The first-order valence-corrected chi connectivity index (χ1v) is 3.83. The minimum atomic E-state index is 0.643. The van der Waals surface area contributed by atoms with Crippen LogP contribution in [0.25, 0.3) is 0 Å². The van der Waals surface area contributed by atoms with Gasteiger partial charge in [0.1, 0.15) is 0 Å². The van der Waals surface area contributed by atoms with Crippen molar-refractivity contribution < 1.29 is 0 Å². The van der Waals surface area contributed by atoms with Crippen LogP contribution in [0, 0.1) is 17.8 Å². The molecule has 0 bridgehead atoms. The first-order valence-electron chi connectivity index (χ1n) is 3.83. The van der Waals surface area contributed by atoms with Crippen LogP contribution in [0.4, 0.5) is 0 Å². The quantitative estimate of drug-likeness (QED) is 0.496. The van der Waals surface area contributed by atoms with Crippen LogP contribution >= 0.6 is 0 Å². The average Bonchev–Trinajstić information content (AvgIpc) is 1.91. The average molecular weight is 124 g/mol. The third-order valence-electron chi connectivity index (χ3n) is 1.47. The SMILES string of the molecule is CCC#CC(CC)CC. The van der Waals surface area contributed by atoms with E-state index in [1.54, 1.807) is 0 Å². The van der Waals surface area contributed by atoms with Crippen LogP contribution in [0.3, 0.4) is 0 Å². The molecule has 0 aliphatic rings. The minimum Gasteiger partial charge on any atom is -0.103 e. The van der Waals surface area contributed by atoms with E-state index in [-0.39, 0.29) is 0 Å². The summed E-state index contributed by atoms with van der Waals surface area (Å²) in [6, 6.07) is 0. The zero-order chi connectivity index (χ0) is 7.11. The maximum absolute atomic E-state index is 3.22. The third kappa shape index (κ3) is 4.09. The van der Waals surface area contributed by atoms with E-state index in [2.05, 4.69) is 32.6 Å². The van der Waals surface area contributed by atoms with Gasteiger partial charge < -0.3 is 0 Å². The molecule has 0 aromatic carbocycles. The standard InChI is InChI=1S/C9H16/c1-4-7-8-9(5-2)6-3/h9H,4-6H2,1-3H3. The molecule has 0 unspecified atom stereocenters. The fraction of sp³-hybridized carbons (Fsp3) is 0.778. The van der Waals surface area contributed by atoms with Crippen LogP contribution in [0.1, 0.15) is 40.0 Å². The lowest BCUT2D eigenvalue weighted by molar-refractivity contribution is 0.627. The summed E-state index contributed by atoms with van der Waals surface area (Å²) >= 11 is 0. The Morgan fingerprint density at radius 1 is 1.11 bits per heavy atom. The van der Waals surface area contributed by atoms with Gasteiger partial charge in [-0.25, -0.2) is 0 Å². The molecule has 0 aliphatic carbocycles. The Labute approximate surface area is 58.7 Å².